The Bertz CT molecular complexity index is 714. The van der Waals surface area contributed by atoms with Crippen molar-refractivity contribution in [2.75, 3.05) is 19.6 Å². The largest absolute Gasteiger partial charge is 0.331 e. The summed E-state index contributed by atoms with van der Waals surface area (Å²) in [6.07, 6.45) is 9.03. The van der Waals surface area contributed by atoms with Crippen molar-refractivity contribution in [2.45, 2.75) is 45.3 Å². The molecule has 0 spiro atoms. The van der Waals surface area contributed by atoms with E-state index in [4.69, 9.17) is 0 Å². The highest BCUT2D eigenvalue weighted by molar-refractivity contribution is 5.94. The predicted molar refractivity (Wildman–Crippen MR) is 97.2 cm³/mol. The summed E-state index contributed by atoms with van der Waals surface area (Å²) in [4.78, 5) is 21.4. The van der Waals surface area contributed by atoms with Gasteiger partial charge in [-0.05, 0) is 43.6 Å². The summed E-state index contributed by atoms with van der Waals surface area (Å²) < 4.78 is 2.12. The summed E-state index contributed by atoms with van der Waals surface area (Å²) in [5.41, 5.74) is 3.19. The molecule has 2 aromatic rings. The van der Waals surface area contributed by atoms with Crippen molar-refractivity contribution in [3.63, 3.8) is 0 Å². The van der Waals surface area contributed by atoms with E-state index in [0.29, 0.717) is 6.54 Å². The molecule has 1 saturated heterocycles. The SMILES string of the molecule is O=C(c1ccc(CN2CCCCCC2)cc1)N1CCn2cncc2C1. The van der Waals surface area contributed by atoms with Gasteiger partial charge in [-0.3, -0.25) is 9.69 Å². The second kappa shape index (κ2) is 7.40. The number of hydrogen-bond acceptors (Lipinski definition) is 3. The highest BCUT2D eigenvalue weighted by Crippen LogP contribution is 2.17. The van der Waals surface area contributed by atoms with Gasteiger partial charge in [-0.15, -0.1) is 0 Å². The highest BCUT2D eigenvalue weighted by atomic mass is 16.2. The van der Waals surface area contributed by atoms with E-state index in [2.05, 4.69) is 26.6 Å². The molecule has 0 unspecified atom stereocenters. The van der Waals surface area contributed by atoms with Crippen LogP contribution in [-0.4, -0.2) is 44.9 Å². The van der Waals surface area contributed by atoms with Crippen molar-refractivity contribution in [2.24, 2.45) is 0 Å². The molecule has 3 heterocycles. The van der Waals surface area contributed by atoms with Crippen molar-refractivity contribution < 1.29 is 4.79 Å². The van der Waals surface area contributed by atoms with E-state index in [0.717, 1.165) is 30.9 Å². The molecular formula is C20H26N4O. The van der Waals surface area contributed by atoms with E-state index >= 15 is 0 Å². The zero-order valence-electron chi connectivity index (χ0n) is 14.7. The van der Waals surface area contributed by atoms with Crippen LogP contribution in [0.4, 0.5) is 0 Å². The first kappa shape index (κ1) is 16.3. The fourth-order valence-corrected chi connectivity index (χ4v) is 3.85. The third kappa shape index (κ3) is 3.76. The van der Waals surface area contributed by atoms with Crippen LogP contribution in [0.3, 0.4) is 0 Å². The number of hydrogen-bond donors (Lipinski definition) is 0. The average Bonchev–Trinajstić information content (AvgIpc) is 2.97. The average molecular weight is 338 g/mol. The van der Waals surface area contributed by atoms with Crippen molar-refractivity contribution in [3.8, 4) is 0 Å². The van der Waals surface area contributed by atoms with Crippen LogP contribution in [0.1, 0.15) is 47.3 Å². The van der Waals surface area contributed by atoms with Gasteiger partial charge < -0.3 is 9.47 Å². The number of amides is 1. The lowest BCUT2D eigenvalue weighted by molar-refractivity contribution is 0.0711. The van der Waals surface area contributed by atoms with Crippen LogP contribution in [-0.2, 0) is 19.6 Å². The van der Waals surface area contributed by atoms with Crippen LogP contribution in [0, 0.1) is 0 Å². The third-order valence-corrected chi connectivity index (χ3v) is 5.36. The van der Waals surface area contributed by atoms with Crippen molar-refractivity contribution in [3.05, 3.63) is 53.6 Å². The Labute approximate surface area is 149 Å². The number of imidazole rings is 1. The van der Waals surface area contributed by atoms with E-state index in [1.807, 2.05) is 29.6 Å². The maximum atomic E-state index is 12.8. The van der Waals surface area contributed by atoms with Gasteiger partial charge in [-0.1, -0.05) is 25.0 Å². The Morgan fingerprint density at radius 3 is 2.48 bits per heavy atom. The zero-order chi connectivity index (χ0) is 17.1. The molecule has 1 aromatic carbocycles. The highest BCUT2D eigenvalue weighted by Gasteiger charge is 2.21. The molecule has 0 radical (unpaired) electrons. The summed E-state index contributed by atoms with van der Waals surface area (Å²) in [5.74, 6) is 0.119. The minimum absolute atomic E-state index is 0.119. The third-order valence-electron chi connectivity index (χ3n) is 5.36. The molecule has 4 rings (SSSR count). The van der Waals surface area contributed by atoms with Gasteiger partial charge in [-0.2, -0.15) is 0 Å². The zero-order valence-corrected chi connectivity index (χ0v) is 14.7. The number of aromatic nitrogens is 2. The van der Waals surface area contributed by atoms with Gasteiger partial charge in [0.1, 0.15) is 0 Å². The quantitative estimate of drug-likeness (QED) is 0.864. The van der Waals surface area contributed by atoms with Crippen LogP contribution < -0.4 is 0 Å². The smallest absolute Gasteiger partial charge is 0.254 e. The van der Waals surface area contributed by atoms with Gasteiger partial charge in [-0.25, -0.2) is 4.98 Å². The van der Waals surface area contributed by atoms with E-state index in [1.54, 1.807) is 0 Å². The van der Waals surface area contributed by atoms with Crippen LogP contribution in [0.2, 0.25) is 0 Å². The predicted octanol–water partition coefficient (Wildman–Crippen LogP) is 2.92. The molecule has 5 nitrogen and oxygen atoms in total. The number of carbonyl (C=O) groups excluding carboxylic acids is 1. The molecule has 1 aromatic heterocycles. The molecule has 0 N–H and O–H groups in total. The van der Waals surface area contributed by atoms with Gasteiger partial charge in [0.05, 0.1) is 18.6 Å². The molecule has 132 valence electrons. The maximum absolute atomic E-state index is 12.8. The monoisotopic (exact) mass is 338 g/mol. The normalized spacial score (nSPS) is 18.6. The fourth-order valence-electron chi connectivity index (χ4n) is 3.85. The molecule has 2 aliphatic rings. The summed E-state index contributed by atoms with van der Waals surface area (Å²) in [7, 11) is 0. The minimum atomic E-state index is 0.119. The van der Waals surface area contributed by atoms with Crippen LogP contribution in [0.5, 0.6) is 0 Å². The number of likely N-dealkylation sites (tertiary alicyclic amines) is 1. The molecule has 0 bridgehead atoms. The number of nitrogens with zero attached hydrogens (tertiary/aromatic N) is 4. The Balaban J connectivity index is 1.39. The molecule has 2 aliphatic heterocycles. The summed E-state index contributed by atoms with van der Waals surface area (Å²) >= 11 is 0. The second-order valence-corrected chi connectivity index (χ2v) is 7.19. The first-order chi connectivity index (χ1) is 12.3. The van der Waals surface area contributed by atoms with Crippen molar-refractivity contribution in [1.29, 1.82) is 0 Å². The first-order valence-electron chi connectivity index (χ1n) is 9.39. The number of benzene rings is 1. The Kier molecular flexibility index (Phi) is 4.83. The molecule has 5 heteroatoms. The van der Waals surface area contributed by atoms with E-state index in [-0.39, 0.29) is 5.91 Å². The Hall–Kier alpha value is -2.14. The van der Waals surface area contributed by atoms with Gasteiger partial charge >= 0.3 is 0 Å². The van der Waals surface area contributed by atoms with Gasteiger partial charge in [0.2, 0.25) is 0 Å². The maximum Gasteiger partial charge on any atom is 0.254 e. The minimum Gasteiger partial charge on any atom is -0.331 e. The van der Waals surface area contributed by atoms with E-state index in [9.17, 15) is 4.79 Å². The van der Waals surface area contributed by atoms with E-state index < -0.39 is 0 Å². The van der Waals surface area contributed by atoms with Crippen molar-refractivity contribution >= 4 is 5.91 Å². The Morgan fingerprint density at radius 2 is 1.72 bits per heavy atom. The molecular weight excluding hydrogens is 312 g/mol. The number of carbonyl (C=O) groups is 1. The molecule has 1 amide bonds. The molecule has 0 atom stereocenters. The van der Waals surface area contributed by atoms with Crippen LogP contribution in [0.15, 0.2) is 36.8 Å². The summed E-state index contributed by atoms with van der Waals surface area (Å²) in [5, 5.41) is 0. The summed E-state index contributed by atoms with van der Waals surface area (Å²) in [6.45, 7) is 5.61. The Morgan fingerprint density at radius 1 is 0.960 bits per heavy atom. The lowest BCUT2D eigenvalue weighted by Gasteiger charge is -2.28. The summed E-state index contributed by atoms with van der Waals surface area (Å²) in [6, 6.07) is 8.21. The number of rotatable bonds is 3. The number of fused-ring (bicyclic) bond motifs is 1. The van der Waals surface area contributed by atoms with Gasteiger partial charge in [0, 0.05) is 31.4 Å². The first-order valence-corrected chi connectivity index (χ1v) is 9.39. The standard InChI is InChI=1S/C20H26N4O/c25-20(23-11-12-24-16-21-13-19(24)15-23)18-7-5-17(6-8-18)14-22-9-3-1-2-4-10-22/h5-8,13,16H,1-4,9-12,14-15H2. The fraction of sp³-hybridized carbons (Fsp3) is 0.500. The van der Waals surface area contributed by atoms with Crippen LogP contribution >= 0.6 is 0 Å². The molecule has 1 fully saturated rings. The molecule has 0 saturated carbocycles. The lowest BCUT2D eigenvalue weighted by Crippen LogP contribution is -2.37. The molecule has 0 aliphatic carbocycles. The lowest BCUT2D eigenvalue weighted by atomic mass is 10.1. The van der Waals surface area contributed by atoms with Gasteiger partial charge in [0.15, 0.2) is 0 Å². The topological polar surface area (TPSA) is 41.4 Å². The van der Waals surface area contributed by atoms with Crippen LogP contribution in [0.25, 0.3) is 0 Å². The van der Waals surface area contributed by atoms with Gasteiger partial charge in [0.25, 0.3) is 5.91 Å². The van der Waals surface area contributed by atoms with E-state index in [1.165, 1.54) is 44.3 Å². The second-order valence-electron chi connectivity index (χ2n) is 7.19. The molecule has 25 heavy (non-hydrogen) atoms. The van der Waals surface area contributed by atoms with Crippen molar-refractivity contribution in [1.82, 2.24) is 19.4 Å².